The molecule has 0 aliphatic carbocycles. The zero-order valence-electron chi connectivity index (χ0n) is 13.8. The fourth-order valence-corrected chi connectivity index (χ4v) is 2.06. The number of hydrogen-bond donors (Lipinski definition) is 2. The van der Waals surface area contributed by atoms with Crippen LogP contribution in [-0.2, 0) is 21.1 Å². The Hall–Kier alpha value is -1.42. The van der Waals surface area contributed by atoms with Crippen LogP contribution in [0.15, 0.2) is 30.3 Å². The second kappa shape index (κ2) is 9.66. The molecule has 0 unspecified atom stereocenters. The van der Waals surface area contributed by atoms with Gasteiger partial charge in [0.15, 0.2) is 0 Å². The maximum absolute atomic E-state index is 11.9. The van der Waals surface area contributed by atoms with E-state index in [-0.39, 0.29) is 14.2 Å². The molecule has 7 nitrogen and oxygen atoms in total. The van der Waals surface area contributed by atoms with Gasteiger partial charge in [0.25, 0.3) is 0 Å². The van der Waals surface area contributed by atoms with E-state index in [4.69, 9.17) is 14.9 Å². The van der Waals surface area contributed by atoms with E-state index in [9.17, 15) is 13.2 Å². The molecule has 9 heteroatoms. The highest BCUT2D eigenvalue weighted by Gasteiger charge is 2.28. The molecular weight excluding hydrogens is 321 g/mol. The maximum atomic E-state index is 11.9. The molecule has 2 N–H and O–H groups in total. The molecule has 0 atom stereocenters. The lowest BCUT2D eigenvalue weighted by Gasteiger charge is -2.29. The monoisotopic (exact) mass is 344 g/mol. The molecule has 0 saturated carbocycles. The van der Waals surface area contributed by atoms with Gasteiger partial charge in [-0.05, 0) is 32.8 Å². The molecule has 129 valence electrons. The Morgan fingerprint density at radius 1 is 1.22 bits per heavy atom. The second-order valence-electron chi connectivity index (χ2n) is 5.69. The molecule has 1 radical (unpaired) electrons. The molecule has 0 bridgehead atoms. The zero-order valence-corrected chi connectivity index (χ0v) is 14.6. The van der Waals surface area contributed by atoms with Gasteiger partial charge in [-0.1, -0.05) is 30.3 Å². The lowest BCUT2D eigenvalue weighted by Crippen LogP contribution is -2.41. The van der Waals surface area contributed by atoms with Crippen LogP contribution in [0.2, 0.25) is 0 Å². The Kier molecular flexibility index (Phi) is 9.07. The molecule has 0 aliphatic heterocycles. The summed E-state index contributed by atoms with van der Waals surface area (Å²) < 4.78 is 22.8. The summed E-state index contributed by atoms with van der Waals surface area (Å²) >= 11 is 0. The van der Waals surface area contributed by atoms with Crippen molar-refractivity contribution in [1.29, 1.82) is 0 Å². The van der Waals surface area contributed by atoms with E-state index in [2.05, 4.69) is 0 Å². The second-order valence-corrected chi connectivity index (χ2v) is 7.59. The number of carbonyl (C=O) groups is 1. The molecule has 0 heterocycles. The van der Waals surface area contributed by atoms with Crippen LogP contribution in [-0.4, -0.2) is 54.9 Å². The van der Waals surface area contributed by atoms with Crippen molar-refractivity contribution >= 4 is 22.8 Å². The number of benzene rings is 1. The highest BCUT2D eigenvalue weighted by atomic mass is 32.2. The molecule has 1 rings (SSSR count). The van der Waals surface area contributed by atoms with E-state index >= 15 is 0 Å². The van der Waals surface area contributed by atoms with Crippen molar-refractivity contribution < 1.29 is 28.1 Å². The first-order chi connectivity index (χ1) is 10.5. The highest BCUT2D eigenvalue weighted by Crippen LogP contribution is 2.14. The number of rotatable bonds is 4. The Bertz CT molecular complexity index is 571. The SMILES string of the molecule is CC(C)(C)ON(CCc1ccccc1)C(=O)S(C)(=O)=O.O[B]O. The van der Waals surface area contributed by atoms with Crippen molar-refractivity contribution in [2.45, 2.75) is 32.8 Å². The number of sulfone groups is 1. The first-order valence-electron chi connectivity index (χ1n) is 6.86. The average molecular weight is 344 g/mol. The van der Waals surface area contributed by atoms with E-state index in [1.165, 1.54) is 0 Å². The lowest BCUT2D eigenvalue weighted by atomic mass is 10.1. The summed E-state index contributed by atoms with van der Waals surface area (Å²) in [5.74, 6) is 0. The molecule has 23 heavy (non-hydrogen) atoms. The first kappa shape index (κ1) is 21.6. The molecule has 1 aromatic carbocycles. The van der Waals surface area contributed by atoms with E-state index in [1.807, 2.05) is 30.3 Å². The van der Waals surface area contributed by atoms with Gasteiger partial charge < -0.3 is 10.0 Å². The Labute approximate surface area is 138 Å². The lowest BCUT2D eigenvalue weighted by molar-refractivity contribution is -0.187. The summed E-state index contributed by atoms with van der Waals surface area (Å²) in [4.78, 5) is 17.3. The minimum absolute atomic E-state index is 0. The molecule has 1 amide bonds. The van der Waals surface area contributed by atoms with Crippen molar-refractivity contribution in [2.24, 2.45) is 0 Å². The molecule has 1 aromatic rings. The number of carbonyl (C=O) groups excluding carboxylic acids is 1. The number of nitrogens with zero attached hydrogens (tertiary/aromatic N) is 1. The summed E-state index contributed by atoms with van der Waals surface area (Å²) in [7, 11) is -3.82. The summed E-state index contributed by atoms with van der Waals surface area (Å²) in [5.41, 5.74) is 0.369. The summed E-state index contributed by atoms with van der Waals surface area (Å²) in [6, 6.07) is 9.51. The van der Waals surface area contributed by atoms with Crippen LogP contribution in [0.5, 0.6) is 0 Å². The quantitative estimate of drug-likeness (QED) is 0.622. The number of amides is 1. The minimum atomic E-state index is -3.82. The molecule has 0 spiro atoms. The molecular formula is C14H23BNO6S. The fourth-order valence-electron chi connectivity index (χ4n) is 1.57. The predicted octanol–water partition coefficient (Wildman–Crippen LogP) is 0.931. The van der Waals surface area contributed by atoms with E-state index in [0.717, 1.165) is 16.9 Å². The minimum Gasteiger partial charge on any atom is -0.429 e. The van der Waals surface area contributed by atoms with Crippen molar-refractivity contribution in [1.82, 2.24) is 5.06 Å². The van der Waals surface area contributed by atoms with Gasteiger partial charge in [0.05, 0.1) is 12.1 Å². The number of hydrogen-bond acceptors (Lipinski definition) is 6. The van der Waals surface area contributed by atoms with Crippen LogP contribution in [0.3, 0.4) is 0 Å². The standard InChI is InChI=1S/C14H21NO4S.BH2O2/c1-14(2,3)19-15(13(16)20(4,17)18)11-10-12-8-6-5-7-9-12;2-1-3/h5-9H,10-11H2,1-4H3;2-3H. The Morgan fingerprint density at radius 3 is 2.09 bits per heavy atom. The van der Waals surface area contributed by atoms with Crippen LogP contribution in [0.4, 0.5) is 4.79 Å². The summed E-state index contributed by atoms with van der Waals surface area (Å²) in [6.07, 6.45) is 1.41. The van der Waals surface area contributed by atoms with Crippen LogP contribution < -0.4 is 0 Å². The normalized spacial score (nSPS) is 11.2. The molecule has 0 saturated heterocycles. The fraction of sp³-hybridized carbons (Fsp3) is 0.500. The van der Waals surface area contributed by atoms with Crippen LogP contribution >= 0.6 is 0 Å². The summed E-state index contributed by atoms with van der Waals surface area (Å²) in [5, 5.41) is 13.9. The van der Waals surface area contributed by atoms with Gasteiger partial charge in [0.1, 0.15) is 0 Å². The van der Waals surface area contributed by atoms with Gasteiger partial charge in [0.2, 0.25) is 9.84 Å². The van der Waals surface area contributed by atoms with Crippen molar-refractivity contribution in [3.63, 3.8) is 0 Å². The highest BCUT2D eigenvalue weighted by molar-refractivity contribution is 8.05. The Balaban J connectivity index is 0.00000149. The first-order valence-corrected chi connectivity index (χ1v) is 8.75. The van der Waals surface area contributed by atoms with Crippen LogP contribution in [0, 0.1) is 0 Å². The predicted molar refractivity (Wildman–Crippen MR) is 88.1 cm³/mol. The van der Waals surface area contributed by atoms with Crippen molar-refractivity contribution in [3.05, 3.63) is 35.9 Å². The molecule has 0 aromatic heterocycles. The largest absolute Gasteiger partial charge is 0.482 e. The van der Waals surface area contributed by atoms with Gasteiger partial charge in [-0.2, -0.15) is 0 Å². The molecule has 0 aliphatic rings. The molecule has 0 fully saturated rings. The van der Waals surface area contributed by atoms with Gasteiger partial charge in [-0.15, -0.1) is 0 Å². The van der Waals surface area contributed by atoms with Gasteiger partial charge in [0, 0.05) is 6.26 Å². The van der Waals surface area contributed by atoms with Crippen LogP contribution in [0.25, 0.3) is 0 Å². The van der Waals surface area contributed by atoms with Crippen molar-refractivity contribution in [2.75, 3.05) is 12.8 Å². The Morgan fingerprint density at radius 2 is 1.70 bits per heavy atom. The third kappa shape index (κ3) is 10.1. The van der Waals surface area contributed by atoms with Gasteiger partial charge in [-0.25, -0.2) is 13.5 Å². The maximum Gasteiger partial charge on any atom is 0.482 e. The third-order valence-electron chi connectivity index (χ3n) is 2.35. The van der Waals surface area contributed by atoms with Crippen molar-refractivity contribution in [3.8, 4) is 0 Å². The van der Waals surface area contributed by atoms with Gasteiger partial charge >= 0.3 is 12.9 Å². The third-order valence-corrected chi connectivity index (χ3v) is 3.19. The number of hydroxylamine groups is 2. The van der Waals surface area contributed by atoms with E-state index in [1.54, 1.807) is 20.8 Å². The zero-order chi connectivity index (χ0) is 18.1. The summed E-state index contributed by atoms with van der Waals surface area (Å²) in [6.45, 7) is 5.47. The van der Waals surface area contributed by atoms with E-state index < -0.39 is 20.7 Å². The topological polar surface area (TPSA) is 104 Å². The van der Waals surface area contributed by atoms with Crippen LogP contribution in [0.1, 0.15) is 26.3 Å². The average Bonchev–Trinajstić information content (AvgIpc) is 2.42. The smallest absolute Gasteiger partial charge is 0.429 e. The van der Waals surface area contributed by atoms with Gasteiger partial charge in [-0.3, -0.25) is 9.63 Å². The van der Waals surface area contributed by atoms with E-state index in [0.29, 0.717) is 6.42 Å².